The van der Waals surface area contributed by atoms with Crippen molar-refractivity contribution in [3.05, 3.63) is 52.0 Å². The van der Waals surface area contributed by atoms with Crippen LogP contribution in [0, 0.1) is 0 Å². The number of nitrogens with zero attached hydrogens (tertiary/aromatic N) is 1. The highest BCUT2D eigenvalue weighted by Gasteiger charge is 2.18. The van der Waals surface area contributed by atoms with Gasteiger partial charge in [0.05, 0.1) is 5.01 Å². The van der Waals surface area contributed by atoms with Gasteiger partial charge in [0.1, 0.15) is 11.7 Å². The summed E-state index contributed by atoms with van der Waals surface area (Å²) in [7, 11) is 0. The fourth-order valence-corrected chi connectivity index (χ4v) is 2.72. The second kappa shape index (κ2) is 8.40. The van der Waals surface area contributed by atoms with Gasteiger partial charge in [0, 0.05) is 18.3 Å². The Balaban J connectivity index is 1.83. The minimum atomic E-state index is -0.633. The van der Waals surface area contributed by atoms with Crippen molar-refractivity contribution >= 4 is 23.2 Å². The molecule has 0 saturated carbocycles. The van der Waals surface area contributed by atoms with E-state index in [4.69, 9.17) is 5.73 Å². The molecule has 1 aromatic carbocycles. The van der Waals surface area contributed by atoms with Gasteiger partial charge in [-0.2, -0.15) is 0 Å². The number of hydrogen-bond acceptors (Lipinski definition) is 5. The molecule has 0 radical (unpaired) electrons. The van der Waals surface area contributed by atoms with E-state index >= 15 is 0 Å². The maximum atomic E-state index is 12.1. The number of hydrogen-bond donors (Lipinski definition) is 3. The van der Waals surface area contributed by atoms with Crippen LogP contribution in [0.2, 0.25) is 0 Å². The number of aromatic nitrogens is 1. The molecule has 1 heterocycles. The van der Waals surface area contributed by atoms with Crippen LogP contribution in [-0.4, -0.2) is 29.4 Å². The smallest absolute Gasteiger partial charge is 0.271 e. The molecule has 0 aliphatic heterocycles. The Hall–Kier alpha value is -2.25. The van der Waals surface area contributed by atoms with Crippen LogP contribution in [0.5, 0.6) is 0 Å². The van der Waals surface area contributed by atoms with Gasteiger partial charge in [-0.1, -0.05) is 30.3 Å². The monoisotopic (exact) mass is 332 g/mol. The second-order valence-corrected chi connectivity index (χ2v) is 6.01. The second-order valence-electron chi connectivity index (χ2n) is 5.06. The molecule has 23 heavy (non-hydrogen) atoms. The SMILES string of the molecule is CC(NC(=O)c1csc(CCN)n1)C(=O)NCc1ccccc1. The summed E-state index contributed by atoms with van der Waals surface area (Å²) in [6.07, 6.45) is 0.644. The highest BCUT2D eigenvalue weighted by Crippen LogP contribution is 2.10. The summed E-state index contributed by atoms with van der Waals surface area (Å²) in [6.45, 7) is 2.56. The van der Waals surface area contributed by atoms with Crippen LogP contribution < -0.4 is 16.4 Å². The van der Waals surface area contributed by atoms with E-state index in [-0.39, 0.29) is 11.8 Å². The van der Waals surface area contributed by atoms with E-state index in [1.54, 1.807) is 12.3 Å². The van der Waals surface area contributed by atoms with Gasteiger partial charge in [-0.25, -0.2) is 4.98 Å². The first-order valence-corrected chi connectivity index (χ1v) is 8.25. The molecule has 0 spiro atoms. The van der Waals surface area contributed by atoms with Crippen molar-refractivity contribution in [1.82, 2.24) is 15.6 Å². The zero-order valence-electron chi connectivity index (χ0n) is 12.9. The van der Waals surface area contributed by atoms with Gasteiger partial charge >= 0.3 is 0 Å². The molecular weight excluding hydrogens is 312 g/mol. The summed E-state index contributed by atoms with van der Waals surface area (Å²) in [5.74, 6) is -0.591. The lowest BCUT2D eigenvalue weighted by Crippen LogP contribution is -2.44. The molecule has 0 aliphatic rings. The molecule has 0 aliphatic carbocycles. The highest BCUT2D eigenvalue weighted by molar-refractivity contribution is 7.09. The van der Waals surface area contributed by atoms with Crippen LogP contribution >= 0.6 is 11.3 Å². The van der Waals surface area contributed by atoms with Crippen LogP contribution in [0.3, 0.4) is 0 Å². The van der Waals surface area contributed by atoms with Gasteiger partial charge in [-0.15, -0.1) is 11.3 Å². The number of nitrogens with one attached hydrogen (secondary N) is 2. The van der Waals surface area contributed by atoms with E-state index in [1.165, 1.54) is 11.3 Å². The van der Waals surface area contributed by atoms with Crippen molar-refractivity contribution in [2.75, 3.05) is 6.54 Å². The molecule has 2 amide bonds. The molecule has 2 rings (SSSR count). The van der Waals surface area contributed by atoms with Gasteiger partial charge < -0.3 is 16.4 Å². The van der Waals surface area contributed by atoms with Crippen LogP contribution in [-0.2, 0) is 17.8 Å². The molecule has 0 fully saturated rings. The summed E-state index contributed by atoms with van der Waals surface area (Å²) >= 11 is 1.39. The van der Waals surface area contributed by atoms with Gasteiger partial charge in [-0.3, -0.25) is 9.59 Å². The molecule has 1 atom stereocenters. The lowest BCUT2D eigenvalue weighted by molar-refractivity contribution is -0.122. The number of thiazole rings is 1. The molecule has 2 aromatic rings. The third kappa shape index (κ3) is 5.15. The first-order chi connectivity index (χ1) is 11.1. The van der Waals surface area contributed by atoms with Crippen LogP contribution in [0.4, 0.5) is 0 Å². The first kappa shape index (κ1) is 17.1. The van der Waals surface area contributed by atoms with Crippen LogP contribution in [0.1, 0.15) is 28.0 Å². The van der Waals surface area contributed by atoms with E-state index in [0.29, 0.717) is 25.2 Å². The fraction of sp³-hybridized carbons (Fsp3) is 0.312. The Kier molecular flexibility index (Phi) is 6.25. The predicted molar refractivity (Wildman–Crippen MR) is 90.1 cm³/mol. The largest absolute Gasteiger partial charge is 0.350 e. The van der Waals surface area contributed by atoms with E-state index in [9.17, 15) is 9.59 Å². The highest BCUT2D eigenvalue weighted by atomic mass is 32.1. The maximum Gasteiger partial charge on any atom is 0.271 e. The number of amides is 2. The Morgan fingerprint density at radius 1 is 1.30 bits per heavy atom. The van der Waals surface area contributed by atoms with E-state index < -0.39 is 6.04 Å². The maximum absolute atomic E-state index is 12.1. The van der Waals surface area contributed by atoms with Gasteiger partial charge in [0.25, 0.3) is 5.91 Å². The topological polar surface area (TPSA) is 97.1 Å². The van der Waals surface area contributed by atoms with Gasteiger partial charge in [0.15, 0.2) is 0 Å². The molecule has 1 unspecified atom stereocenters. The van der Waals surface area contributed by atoms with E-state index in [1.807, 2.05) is 30.3 Å². The lowest BCUT2D eigenvalue weighted by atomic mass is 10.2. The predicted octanol–water partition coefficient (Wildman–Crippen LogP) is 1.08. The fourth-order valence-electron chi connectivity index (χ4n) is 1.93. The Morgan fingerprint density at radius 2 is 2.04 bits per heavy atom. The van der Waals surface area contributed by atoms with Crippen molar-refractivity contribution in [3.8, 4) is 0 Å². The number of carbonyl (C=O) groups excluding carboxylic acids is 2. The average Bonchev–Trinajstić information content (AvgIpc) is 3.02. The molecule has 7 heteroatoms. The first-order valence-electron chi connectivity index (χ1n) is 7.37. The number of nitrogens with two attached hydrogens (primary N) is 1. The number of rotatable bonds is 7. The summed E-state index contributed by atoms with van der Waals surface area (Å²) in [4.78, 5) is 28.3. The normalized spacial score (nSPS) is 11.7. The van der Waals surface area contributed by atoms with Crippen LogP contribution in [0.15, 0.2) is 35.7 Å². The molecule has 6 nitrogen and oxygen atoms in total. The molecular formula is C16H20N4O2S. The van der Waals surface area contributed by atoms with E-state index in [2.05, 4.69) is 15.6 Å². The quantitative estimate of drug-likeness (QED) is 0.707. The average molecular weight is 332 g/mol. The number of carbonyl (C=O) groups is 2. The third-order valence-corrected chi connectivity index (χ3v) is 4.10. The Labute approximate surface area is 139 Å². The molecule has 122 valence electrons. The van der Waals surface area contributed by atoms with Crippen molar-refractivity contribution in [2.45, 2.75) is 25.9 Å². The van der Waals surface area contributed by atoms with Crippen molar-refractivity contribution < 1.29 is 9.59 Å². The minimum absolute atomic E-state index is 0.236. The van der Waals surface area contributed by atoms with Crippen molar-refractivity contribution in [1.29, 1.82) is 0 Å². The van der Waals surface area contributed by atoms with Gasteiger partial charge in [-0.05, 0) is 19.0 Å². The summed E-state index contributed by atoms with van der Waals surface area (Å²) in [5.41, 5.74) is 6.79. The summed E-state index contributed by atoms with van der Waals surface area (Å²) in [5, 5.41) is 7.94. The van der Waals surface area contributed by atoms with E-state index in [0.717, 1.165) is 10.6 Å². The molecule has 4 N–H and O–H groups in total. The Bertz CT molecular complexity index is 657. The lowest BCUT2D eigenvalue weighted by Gasteiger charge is -2.13. The Morgan fingerprint density at radius 3 is 2.74 bits per heavy atom. The zero-order valence-corrected chi connectivity index (χ0v) is 13.7. The summed E-state index contributed by atoms with van der Waals surface area (Å²) in [6, 6.07) is 8.96. The van der Waals surface area contributed by atoms with Crippen molar-refractivity contribution in [2.24, 2.45) is 5.73 Å². The number of benzene rings is 1. The zero-order chi connectivity index (χ0) is 16.7. The summed E-state index contributed by atoms with van der Waals surface area (Å²) < 4.78 is 0. The van der Waals surface area contributed by atoms with Crippen LogP contribution in [0.25, 0.3) is 0 Å². The minimum Gasteiger partial charge on any atom is -0.350 e. The molecule has 0 bridgehead atoms. The third-order valence-electron chi connectivity index (χ3n) is 3.19. The molecule has 0 saturated heterocycles. The van der Waals surface area contributed by atoms with Gasteiger partial charge in [0.2, 0.25) is 5.91 Å². The van der Waals surface area contributed by atoms with Crippen molar-refractivity contribution in [3.63, 3.8) is 0 Å². The molecule has 1 aromatic heterocycles. The standard InChI is InChI=1S/C16H20N4O2S/c1-11(15(21)18-9-12-5-3-2-4-6-12)19-16(22)13-10-23-14(20-13)7-8-17/h2-6,10-11H,7-9,17H2,1H3,(H,18,21)(H,19,22).